The van der Waals surface area contributed by atoms with E-state index in [2.05, 4.69) is 4.98 Å². The van der Waals surface area contributed by atoms with E-state index < -0.39 is 5.69 Å². The van der Waals surface area contributed by atoms with Crippen molar-refractivity contribution in [2.45, 2.75) is 19.4 Å². The van der Waals surface area contributed by atoms with E-state index >= 15 is 0 Å². The Morgan fingerprint density at radius 3 is 2.88 bits per heavy atom. The van der Waals surface area contributed by atoms with Crippen molar-refractivity contribution in [2.24, 2.45) is 0 Å². The van der Waals surface area contributed by atoms with Crippen LogP contribution in [0.4, 0.5) is 0 Å². The molecule has 0 saturated carbocycles. The molecule has 4 nitrogen and oxygen atoms in total. The zero-order valence-corrected chi connectivity index (χ0v) is 10.7. The second-order valence-electron chi connectivity index (χ2n) is 3.82. The molecule has 2 aromatic rings. The Labute approximate surface area is 106 Å². The van der Waals surface area contributed by atoms with Crippen molar-refractivity contribution in [3.05, 3.63) is 54.4 Å². The summed E-state index contributed by atoms with van der Waals surface area (Å²) >= 11 is 7.20. The van der Waals surface area contributed by atoms with Crippen LogP contribution in [0.2, 0.25) is 5.15 Å². The summed E-state index contributed by atoms with van der Waals surface area (Å²) in [6.07, 6.45) is 0.647. The van der Waals surface area contributed by atoms with Crippen molar-refractivity contribution in [3.8, 4) is 0 Å². The van der Waals surface area contributed by atoms with Crippen molar-refractivity contribution >= 4 is 22.9 Å². The first-order chi connectivity index (χ1) is 8.08. The molecule has 90 valence electrons. The molecule has 2 rings (SSSR count). The lowest BCUT2D eigenvalue weighted by Gasteiger charge is -2.12. The zero-order valence-electron chi connectivity index (χ0n) is 9.14. The highest BCUT2D eigenvalue weighted by Crippen LogP contribution is 2.13. The molecule has 0 saturated heterocycles. The number of H-pyrrole nitrogens is 1. The first-order valence-corrected chi connectivity index (χ1v) is 6.42. The number of aromatic amines is 1. The maximum absolute atomic E-state index is 11.7. The highest BCUT2D eigenvalue weighted by molar-refractivity contribution is 7.07. The quantitative estimate of drug-likeness (QED) is 0.868. The number of thiophene rings is 1. The summed E-state index contributed by atoms with van der Waals surface area (Å²) in [5.41, 5.74) is 0.274. The Hall–Kier alpha value is -1.33. The van der Waals surface area contributed by atoms with E-state index in [1.54, 1.807) is 11.3 Å². The highest BCUT2D eigenvalue weighted by atomic mass is 35.5. The predicted octanol–water partition coefficient (Wildman–Crippen LogP) is 2.06. The number of halogens is 1. The van der Waals surface area contributed by atoms with Crippen LogP contribution in [0.3, 0.4) is 0 Å². The highest BCUT2D eigenvalue weighted by Gasteiger charge is 2.12. The van der Waals surface area contributed by atoms with Crippen LogP contribution >= 0.6 is 22.9 Å². The maximum atomic E-state index is 11.7. The third-order valence-electron chi connectivity index (χ3n) is 2.48. The summed E-state index contributed by atoms with van der Waals surface area (Å²) in [4.78, 5) is 25.8. The Balaban J connectivity index is 2.34. The molecule has 0 spiro atoms. The van der Waals surface area contributed by atoms with Gasteiger partial charge in [-0.1, -0.05) is 11.6 Å². The van der Waals surface area contributed by atoms with Gasteiger partial charge in [0.15, 0.2) is 0 Å². The standard InChI is InChI=1S/C11H11ClN2O2S/c1-7(4-8-2-3-17-6-8)14-10(15)5-9(12)13-11(14)16/h2-3,5-7H,4H2,1H3,(H,13,16). The molecule has 1 N–H and O–H groups in total. The van der Waals surface area contributed by atoms with Gasteiger partial charge < -0.3 is 0 Å². The van der Waals surface area contributed by atoms with Gasteiger partial charge in [0.1, 0.15) is 5.15 Å². The molecule has 0 aliphatic carbocycles. The van der Waals surface area contributed by atoms with Gasteiger partial charge in [-0.3, -0.25) is 14.3 Å². The summed E-state index contributed by atoms with van der Waals surface area (Å²) in [6, 6.07) is 3.00. The van der Waals surface area contributed by atoms with Crippen molar-refractivity contribution in [2.75, 3.05) is 0 Å². The van der Waals surface area contributed by atoms with E-state index in [0.717, 1.165) is 5.56 Å². The van der Waals surface area contributed by atoms with Gasteiger partial charge in [-0.05, 0) is 35.7 Å². The van der Waals surface area contributed by atoms with E-state index in [1.165, 1.54) is 10.6 Å². The predicted molar refractivity (Wildman–Crippen MR) is 69.1 cm³/mol. The van der Waals surface area contributed by atoms with Gasteiger partial charge in [0.25, 0.3) is 5.56 Å². The van der Waals surface area contributed by atoms with E-state index in [0.29, 0.717) is 6.42 Å². The fraction of sp³-hybridized carbons (Fsp3) is 0.273. The van der Waals surface area contributed by atoms with Crippen molar-refractivity contribution in [1.82, 2.24) is 9.55 Å². The summed E-state index contributed by atoms with van der Waals surface area (Å²) in [5.74, 6) is 0. The molecule has 2 heterocycles. The zero-order chi connectivity index (χ0) is 12.4. The van der Waals surface area contributed by atoms with Gasteiger partial charge in [0.2, 0.25) is 0 Å². The van der Waals surface area contributed by atoms with Crippen molar-refractivity contribution < 1.29 is 0 Å². The second kappa shape index (κ2) is 4.89. The molecule has 0 amide bonds. The summed E-state index contributed by atoms with van der Waals surface area (Å²) in [5, 5.41) is 4.04. The molecule has 0 aromatic carbocycles. The Kier molecular flexibility index (Phi) is 3.49. The first kappa shape index (κ1) is 12.1. The molecule has 2 aromatic heterocycles. The smallest absolute Gasteiger partial charge is 0.298 e. The van der Waals surface area contributed by atoms with Crippen LogP contribution in [-0.2, 0) is 6.42 Å². The lowest BCUT2D eigenvalue weighted by Crippen LogP contribution is -2.37. The van der Waals surface area contributed by atoms with Crippen LogP contribution in [0.5, 0.6) is 0 Å². The lowest BCUT2D eigenvalue weighted by atomic mass is 10.1. The molecule has 0 fully saturated rings. The molecule has 0 bridgehead atoms. The van der Waals surface area contributed by atoms with E-state index in [4.69, 9.17) is 11.6 Å². The van der Waals surface area contributed by atoms with E-state index in [1.807, 2.05) is 23.8 Å². The number of nitrogens with zero attached hydrogens (tertiary/aromatic N) is 1. The van der Waals surface area contributed by atoms with Crippen LogP contribution in [0.15, 0.2) is 32.5 Å². The molecule has 1 unspecified atom stereocenters. The Morgan fingerprint density at radius 1 is 1.53 bits per heavy atom. The number of hydrogen-bond acceptors (Lipinski definition) is 3. The maximum Gasteiger partial charge on any atom is 0.329 e. The molecular weight excluding hydrogens is 260 g/mol. The summed E-state index contributed by atoms with van der Waals surface area (Å²) in [6.45, 7) is 1.84. The normalized spacial score (nSPS) is 12.6. The van der Waals surface area contributed by atoms with Gasteiger partial charge in [0, 0.05) is 12.1 Å². The fourth-order valence-electron chi connectivity index (χ4n) is 1.74. The summed E-state index contributed by atoms with van der Waals surface area (Å²) < 4.78 is 1.18. The lowest BCUT2D eigenvalue weighted by molar-refractivity contribution is 0.501. The third-order valence-corrected chi connectivity index (χ3v) is 3.42. The van der Waals surface area contributed by atoms with Gasteiger partial charge in [0.05, 0.1) is 0 Å². The number of rotatable bonds is 3. The van der Waals surface area contributed by atoms with Crippen LogP contribution < -0.4 is 11.2 Å². The van der Waals surface area contributed by atoms with E-state index in [-0.39, 0.29) is 16.8 Å². The largest absolute Gasteiger partial charge is 0.329 e. The molecule has 0 aliphatic rings. The summed E-state index contributed by atoms with van der Waals surface area (Å²) in [7, 11) is 0. The van der Waals surface area contributed by atoms with Crippen LogP contribution in [0.1, 0.15) is 18.5 Å². The van der Waals surface area contributed by atoms with Gasteiger partial charge in [-0.25, -0.2) is 4.79 Å². The van der Waals surface area contributed by atoms with Gasteiger partial charge >= 0.3 is 5.69 Å². The third kappa shape index (κ3) is 2.68. The van der Waals surface area contributed by atoms with Crippen LogP contribution in [0, 0.1) is 0 Å². The van der Waals surface area contributed by atoms with Crippen molar-refractivity contribution in [3.63, 3.8) is 0 Å². The number of hydrogen-bond donors (Lipinski definition) is 1. The van der Waals surface area contributed by atoms with Gasteiger partial charge in [-0.2, -0.15) is 11.3 Å². The number of nitrogens with one attached hydrogen (secondary N) is 1. The molecule has 0 radical (unpaired) electrons. The molecule has 0 aliphatic heterocycles. The fourth-order valence-corrected chi connectivity index (χ4v) is 2.59. The first-order valence-electron chi connectivity index (χ1n) is 5.10. The molecule has 6 heteroatoms. The monoisotopic (exact) mass is 270 g/mol. The second-order valence-corrected chi connectivity index (χ2v) is 5.00. The topological polar surface area (TPSA) is 54.9 Å². The van der Waals surface area contributed by atoms with Gasteiger partial charge in [-0.15, -0.1) is 0 Å². The minimum absolute atomic E-state index is 0.0685. The van der Waals surface area contributed by atoms with Crippen molar-refractivity contribution in [1.29, 1.82) is 0 Å². The average Bonchev–Trinajstić information content (AvgIpc) is 2.68. The minimum Gasteiger partial charge on any atom is -0.298 e. The minimum atomic E-state index is -0.467. The molecule has 17 heavy (non-hydrogen) atoms. The van der Waals surface area contributed by atoms with Crippen LogP contribution in [-0.4, -0.2) is 9.55 Å². The van der Waals surface area contributed by atoms with Crippen LogP contribution in [0.25, 0.3) is 0 Å². The molecular formula is C11H11ClN2O2S. The SMILES string of the molecule is CC(Cc1ccsc1)n1c(=O)cc(Cl)[nH]c1=O. The Morgan fingerprint density at radius 2 is 2.29 bits per heavy atom. The van der Waals surface area contributed by atoms with E-state index in [9.17, 15) is 9.59 Å². The number of aromatic nitrogens is 2. The molecule has 1 atom stereocenters. The Bertz CT molecular complexity index is 584. The average molecular weight is 271 g/mol.